The van der Waals surface area contributed by atoms with Crippen molar-refractivity contribution in [2.45, 2.75) is 32.7 Å². The van der Waals surface area contributed by atoms with E-state index in [-0.39, 0.29) is 6.04 Å². The second-order valence-corrected chi connectivity index (χ2v) is 3.18. The van der Waals surface area contributed by atoms with E-state index in [1.165, 1.54) is 5.56 Å². The van der Waals surface area contributed by atoms with Gasteiger partial charge >= 0.3 is 0 Å². The second-order valence-electron chi connectivity index (χ2n) is 3.18. The van der Waals surface area contributed by atoms with Crippen LogP contribution in [0.1, 0.15) is 24.6 Å². The Morgan fingerprint density at radius 2 is 2.25 bits per heavy atom. The molecule has 2 nitrogen and oxygen atoms in total. The van der Waals surface area contributed by atoms with Crippen LogP contribution in [0.3, 0.4) is 0 Å². The largest absolute Gasteiger partial charge is 0.327 e. The summed E-state index contributed by atoms with van der Waals surface area (Å²) in [5.74, 6) is 0. The summed E-state index contributed by atoms with van der Waals surface area (Å²) in [5, 5.41) is 0. The molecule has 0 saturated carbocycles. The predicted octanol–water partition coefficient (Wildman–Crippen LogP) is 1.67. The SMILES string of the molecule is CCC(N)Cc1ccc(C)nc1. The summed E-state index contributed by atoms with van der Waals surface area (Å²) in [5.41, 5.74) is 8.11. The first-order chi connectivity index (χ1) is 5.72. The number of nitrogens with zero attached hydrogens (tertiary/aromatic N) is 1. The van der Waals surface area contributed by atoms with E-state index < -0.39 is 0 Å². The van der Waals surface area contributed by atoms with E-state index >= 15 is 0 Å². The highest BCUT2D eigenvalue weighted by Gasteiger charge is 2.00. The standard InChI is InChI=1S/C10H16N2/c1-3-10(11)6-9-5-4-8(2)12-7-9/h4-5,7,10H,3,6,11H2,1-2H3. The average Bonchev–Trinajstić information content (AvgIpc) is 2.09. The van der Waals surface area contributed by atoms with E-state index in [9.17, 15) is 0 Å². The van der Waals surface area contributed by atoms with Gasteiger partial charge in [0, 0.05) is 17.9 Å². The predicted molar refractivity (Wildman–Crippen MR) is 50.9 cm³/mol. The quantitative estimate of drug-likeness (QED) is 0.738. The molecule has 2 N–H and O–H groups in total. The highest BCUT2D eigenvalue weighted by atomic mass is 14.7. The van der Waals surface area contributed by atoms with Gasteiger partial charge in [-0.1, -0.05) is 13.0 Å². The van der Waals surface area contributed by atoms with Gasteiger partial charge in [0.2, 0.25) is 0 Å². The molecule has 0 aromatic carbocycles. The van der Waals surface area contributed by atoms with Crippen LogP contribution in [0.5, 0.6) is 0 Å². The van der Waals surface area contributed by atoms with Crippen LogP contribution in [0, 0.1) is 6.92 Å². The van der Waals surface area contributed by atoms with E-state index in [4.69, 9.17) is 5.73 Å². The van der Waals surface area contributed by atoms with E-state index in [1.807, 2.05) is 19.2 Å². The molecule has 0 fully saturated rings. The molecule has 0 amide bonds. The normalized spacial score (nSPS) is 12.9. The Labute approximate surface area is 73.8 Å². The van der Waals surface area contributed by atoms with E-state index in [0.717, 1.165) is 18.5 Å². The van der Waals surface area contributed by atoms with Crippen molar-refractivity contribution in [3.63, 3.8) is 0 Å². The van der Waals surface area contributed by atoms with Crippen LogP contribution in [0.15, 0.2) is 18.3 Å². The fourth-order valence-electron chi connectivity index (χ4n) is 1.07. The minimum atomic E-state index is 0.273. The van der Waals surface area contributed by atoms with Crippen LogP contribution in [-0.4, -0.2) is 11.0 Å². The lowest BCUT2D eigenvalue weighted by molar-refractivity contribution is 0.645. The van der Waals surface area contributed by atoms with Crippen molar-refractivity contribution in [1.29, 1.82) is 0 Å². The van der Waals surface area contributed by atoms with Crippen molar-refractivity contribution in [1.82, 2.24) is 4.98 Å². The van der Waals surface area contributed by atoms with Crippen LogP contribution in [0.4, 0.5) is 0 Å². The first kappa shape index (κ1) is 9.20. The smallest absolute Gasteiger partial charge is 0.0372 e. The van der Waals surface area contributed by atoms with Crippen molar-refractivity contribution >= 4 is 0 Å². The van der Waals surface area contributed by atoms with E-state index in [2.05, 4.69) is 18.0 Å². The topological polar surface area (TPSA) is 38.9 Å². The van der Waals surface area contributed by atoms with E-state index in [1.54, 1.807) is 0 Å². The summed E-state index contributed by atoms with van der Waals surface area (Å²) >= 11 is 0. The molecule has 1 heterocycles. The third-order valence-electron chi connectivity index (χ3n) is 1.99. The third kappa shape index (κ3) is 2.62. The molecule has 1 aromatic rings. The summed E-state index contributed by atoms with van der Waals surface area (Å²) in [7, 11) is 0. The van der Waals surface area contributed by atoms with Gasteiger partial charge in [-0.05, 0) is 31.4 Å². The van der Waals surface area contributed by atoms with Crippen LogP contribution in [0.2, 0.25) is 0 Å². The van der Waals surface area contributed by atoms with Crippen molar-refractivity contribution in [3.05, 3.63) is 29.6 Å². The number of pyridine rings is 1. The van der Waals surface area contributed by atoms with Crippen molar-refractivity contribution in [2.24, 2.45) is 5.73 Å². The molecule has 0 spiro atoms. The molecule has 2 heteroatoms. The Hall–Kier alpha value is -0.890. The van der Waals surface area contributed by atoms with Gasteiger partial charge in [0.25, 0.3) is 0 Å². The number of hydrogen-bond donors (Lipinski definition) is 1. The third-order valence-corrected chi connectivity index (χ3v) is 1.99. The lowest BCUT2D eigenvalue weighted by atomic mass is 10.1. The number of rotatable bonds is 3. The highest BCUT2D eigenvalue weighted by molar-refractivity contribution is 5.14. The van der Waals surface area contributed by atoms with Gasteiger partial charge in [-0.2, -0.15) is 0 Å². The summed E-state index contributed by atoms with van der Waals surface area (Å²) in [4.78, 5) is 4.21. The summed E-state index contributed by atoms with van der Waals surface area (Å²) < 4.78 is 0. The van der Waals surface area contributed by atoms with Crippen LogP contribution in [0.25, 0.3) is 0 Å². The molecule has 0 aliphatic heterocycles. The number of aromatic nitrogens is 1. The number of hydrogen-bond acceptors (Lipinski definition) is 2. The minimum Gasteiger partial charge on any atom is -0.327 e. The van der Waals surface area contributed by atoms with Crippen LogP contribution in [-0.2, 0) is 6.42 Å². The molecule has 0 aliphatic rings. The second kappa shape index (κ2) is 4.21. The number of nitrogens with two attached hydrogens (primary N) is 1. The first-order valence-electron chi connectivity index (χ1n) is 4.39. The molecule has 0 bridgehead atoms. The highest BCUT2D eigenvalue weighted by Crippen LogP contribution is 2.03. The van der Waals surface area contributed by atoms with Crippen LogP contribution < -0.4 is 5.73 Å². The first-order valence-corrected chi connectivity index (χ1v) is 4.39. The fourth-order valence-corrected chi connectivity index (χ4v) is 1.07. The molecule has 66 valence electrons. The molecular formula is C10H16N2. The Kier molecular flexibility index (Phi) is 3.23. The van der Waals surface area contributed by atoms with Gasteiger partial charge in [0.15, 0.2) is 0 Å². The molecular weight excluding hydrogens is 148 g/mol. The Balaban J connectivity index is 2.58. The zero-order valence-corrected chi connectivity index (χ0v) is 7.75. The Morgan fingerprint density at radius 1 is 1.50 bits per heavy atom. The zero-order chi connectivity index (χ0) is 8.97. The van der Waals surface area contributed by atoms with Crippen molar-refractivity contribution in [3.8, 4) is 0 Å². The monoisotopic (exact) mass is 164 g/mol. The van der Waals surface area contributed by atoms with Gasteiger partial charge < -0.3 is 5.73 Å². The summed E-state index contributed by atoms with van der Waals surface area (Å²) in [6.07, 6.45) is 3.86. The number of aryl methyl sites for hydroxylation is 1. The average molecular weight is 164 g/mol. The maximum Gasteiger partial charge on any atom is 0.0372 e. The maximum atomic E-state index is 5.82. The van der Waals surface area contributed by atoms with Gasteiger partial charge in [0.05, 0.1) is 0 Å². The molecule has 0 saturated heterocycles. The molecule has 0 radical (unpaired) electrons. The molecule has 0 aliphatic carbocycles. The lowest BCUT2D eigenvalue weighted by Crippen LogP contribution is -2.21. The summed E-state index contributed by atoms with van der Waals surface area (Å²) in [6, 6.07) is 4.39. The Bertz CT molecular complexity index is 228. The van der Waals surface area contributed by atoms with Gasteiger partial charge in [-0.3, -0.25) is 4.98 Å². The van der Waals surface area contributed by atoms with Crippen molar-refractivity contribution < 1.29 is 0 Å². The van der Waals surface area contributed by atoms with Crippen molar-refractivity contribution in [2.75, 3.05) is 0 Å². The maximum absolute atomic E-state index is 5.82. The van der Waals surface area contributed by atoms with Gasteiger partial charge in [0.1, 0.15) is 0 Å². The molecule has 1 unspecified atom stereocenters. The molecule has 1 atom stereocenters. The fraction of sp³-hybridized carbons (Fsp3) is 0.500. The Morgan fingerprint density at radius 3 is 2.75 bits per heavy atom. The van der Waals surface area contributed by atoms with Crippen LogP contribution >= 0.6 is 0 Å². The van der Waals surface area contributed by atoms with E-state index in [0.29, 0.717) is 0 Å². The lowest BCUT2D eigenvalue weighted by Gasteiger charge is -2.07. The summed E-state index contributed by atoms with van der Waals surface area (Å²) in [6.45, 7) is 4.09. The minimum absolute atomic E-state index is 0.273. The zero-order valence-electron chi connectivity index (χ0n) is 7.75. The van der Waals surface area contributed by atoms with Gasteiger partial charge in [-0.25, -0.2) is 0 Å². The van der Waals surface area contributed by atoms with Gasteiger partial charge in [-0.15, -0.1) is 0 Å². The molecule has 12 heavy (non-hydrogen) atoms. The molecule has 1 aromatic heterocycles. The molecule has 1 rings (SSSR count).